The van der Waals surface area contributed by atoms with Gasteiger partial charge in [0.15, 0.2) is 0 Å². The normalized spacial score (nSPS) is 8.00. The molecule has 0 heterocycles. The van der Waals surface area contributed by atoms with Crippen LogP contribution in [0.25, 0.3) is 0 Å². The van der Waals surface area contributed by atoms with Crippen LogP contribution in [0.1, 0.15) is 79.1 Å². The predicted molar refractivity (Wildman–Crippen MR) is 79.1 cm³/mol. The minimum Gasteiger partial charge on any atom is -0.854 e. The van der Waals surface area contributed by atoms with Gasteiger partial charge in [0.2, 0.25) is 0 Å². The third-order valence-corrected chi connectivity index (χ3v) is 1.99. The molecular formula is C16H36O4Zn-4. The molecule has 0 aliphatic heterocycles. The molecule has 0 unspecified atom stereocenters. The smallest absolute Gasteiger partial charge is 0 e. The summed E-state index contributed by atoms with van der Waals surface area (Å²) in [5, 5.41) is 38.1. The van der Waals surface area contributed by atoms with Gasteiger partial charge in [-0.1, -0.05) is 79.1 Å². The summed E-state index contributed by atoms with van der Waals surface area (Å²) in [4.78, 5) is 0. The number of unbranched alkanes of at least 4 members (excludes halogenated alkanes) is 4. The molecule has 0 spiro atoms. The summed E-state index contributed by atoms with van der Waals surface area (Å²) in [7, 11) is 0. The molecule has 0 aromatic heterocycles. The van der Waals surface area contributed by atoms with Gasteiger partial charge in [0, 0.05) is 19.5 Å². The fourth-order valence-electron chi connectivity index (χ4n) is 0.577. The second-order valence-electron chi connectivity index (χ2n) is 4.23. The number of hydrogen-bond acceptors (Lipinski definition) is 4. The summed E-state index contributed by atoms with van der Waals surface area (Å²) in [6.07, 6.45) is 7.46. The number of hydrogen-bond donors (Lipinski definition) is 0. The molecular weight excluding hydrogens is 322 g/mol. The van der Waals surface area contributed by atoms with E-state index in [0.717, 1.165) is 51.4 Å². The zero-order chi connectivity index (χ0) is 16.5. The first-order chi connectivity index (χ1) is 9.66. The molecule has 0 aromatic rings. The molecule has 4 nitrogen and oxygen atoms in total. The molecule has 0 saturated heterocycles. The van der Waals surface area contributed by atoms with Crippen molar-refractivity contribution in [3.63, 3.8) is 0 Å². The Bertz CT molecular complexity index is 74.3. The van der Waals surface area contributed by atoms with E-state index in [1.165, 1.54) is 0 Å². The molecule has 0 aliphatic rings. The summed E-state index contributed by atoms with van der Waals surface area (Å²) in [6, 6.07) is 0. The van der Waals surface area contributed by atoms with E-state index >= 15 is 0 Å². The molecule has 0 saturated carbocycles. The zero-order valence-electron chi connectivity index (χ0n) is 14.8. The molecule has 0 aliphatic carbocycles. The maximum Gasteiger partial charge on any atom is 0 e. The van der Waals surface area contributed by atoms with Gasteiger partial charge in [0.05, 0.1) is 0 Å². The van der Waals surface area contributed by atoms with E-state index in [9.17, 15) is 20.4 Å². The van der Waals surface area contributed by atoms with Crippen LogP contribution in [0.3, 0.4) is 0 Å². The van der Waals surface area contributed by atoms with Crippen molar-refractivity contribution in [1.82, 2.24) is 0 Å². The maximum absolute atomic E-state index is 9.53. The summed E-state index contributed by atoms with van der Waals surface area (Å²) >= 11 is 0. The average Bonchev–Trinajstić information content (AvgIpc) is 2.44. The van der Waals surface area contributed by atoms with E-state index in [1.807, 2.05) is 27.7 Å². The average molecular weight is 358 g/mol. The van der Waals surface area contributed by atoms with Crippen LogP contribution in [-0.4, -0.2) is 26.4 Å². The largest absolute Gasteiger partial charge is 0.854 e. The SMILES string of the molecule is CCCC[O-].CCCC[O-].CCCC[O-].CCCC[O-].[Zn]. The third kappa shape index (κ3) is 97.4. The van der Waals surface area contributed by atoms with Crippen LogP contribution in [0, 0.1) is 0 Å². The van der Waals surface area contributed by atoms with E-state index in [2.05, 4.69) is 0 Å². The predicted octanol–water partition coefficient (Wildman–Crippen LogP) is 0.585. The summed E-state index contributed by atoms with van der Waals surface area (Å²) in [6.45, 7) is 8.42. The Labute approximate surface area is 145 Å². The Morgan fingerprint density at radius 2 is 0.571 bits per heavy atom. The van der Waals surface area contributed by atoms with E-state index in [4.69, 9.17) is 0 Å². The molecule has 0 fully saturated rings. The quantitative estimate of drug-likeness (QED) is 0.594. The Morgan fingerprint density at radius 3 is 0.571 bits per heavy atom. The molecule has 130 valence electrons. The minimum atomic E-state index is 0. The molecule has 0 aromatic carbocycles. The molecule has 0 amide bonds. The maximum atomic E-state index is 9.53. The minimum absolute atomic E-state index is 0. The molecule has 5 heteroatoms. The van der Waals surface area contributed by atoms with Gasteiger partial charge in [-0.2, -0.15) is 0 Å². The molecule has 0 bridgehead atoms. The van der Waals surface area contributed by atoms with Crippen LogP contribution >= 0.6 is 0 Å². The van der Waals surface area contributed by atoms with Crippen LogP contribution in [0.2, 0.25) is 0 Å². The van der Waals surface area contributed by atoms with Crippen molar-refractivity contribution in [1.29, 1.82) is 0 Å². The van der Waals surface area contributed by atoms with Gasteiger partial charge in [0.1, 0.15) is 0 Å². The van der Waals surface area contributed by atoms with Gasteiger partial charge in [-0.25, -0.2) is 0 Å². The van der Waals surface area contributed by atoms with E-state index in [-0.39, 0.29) is 45.9 Å². The Hall–Kier alpha value is 0.463. The Balaban J connectivity index is -0.0000000533. The van der Waals surface area contributed by atoms with Gasteiger partial charge in [-0.15, -0.1) is 26.4 Å². The second kappa shape index (κ2) is 49.9. The molecule has 0 N–H and O–H groups in total. The van der Waals surface area contributed by atoms with Gasteiger partial charge in [0.25, 0.3) is 0 Å². The fourth-order valence-corrected chi connectivity index (χ4v) is 0.577. The standard InChI is InChI=1S/4C4H9O.Zn/c4*1-2-3-4-5;/h4*2-4H2,1H3;/q4*-1;. The van der Waals surface area contributed by atoms with Gasteiger partial charge in [-0.3, -0.25) is 0 Å². The van der Waals surface area contributed by atoms with Crippen molar-refractivity contribution < 1.29 is 39.9 Å². The first-order valence-electron chi connectivity index (χ1n) is 7.98. The summed E-state index contributed by atoms with van der Waals surface area (Å²) in [5.74, 6) is 0. The van der Waals surface area contributed by atoms with Crippen molar-refractivity contribution in [3.05, 3.63) is 0 Å². The summed E-state index contributed by atoms with van der Waals surface area (Å²) in [5.41, 5.74) is 0. The van der Waals surface area contributed by atoms with Crippen molar-refractivity contribution >= 4 is 0 Å². The summed E-state index contributed by atoms with van der Waals surface area (Å²) < 4.78 is 0. The van der Waals surface area contributed by atoms with Crippen LogP contribution < -0.4 is 20.4 Å². The third-order valence-electron chi connectivity index (χ3n) is 1.99. The Kier molecular flexibility index (Phi) is 78.8. The second-order valence-corrected chi connectivity index (χ2v) is 4.23. The first-order valence-corrected chi connectivity index (χ1v) is 7.98. The van der Waals surface area contributed by atoms with Crippen molar-refractivity contribution in [2.24, 2.45) is 0 Å². The van der Waals surface area contributed by atoms with Crippen molar-refractivity contribution in [2.75, 3.05) is 26.4 Å². The van der Waals surface area contributed by atoms with E-state index in [1.54, 1.807) is 0 Å². The van der Waals surface area contributed by atoms with Crippen LogP contribution in [-0.2, 0) is 19.5 Å². The monoisotopic (exact) mass is 356 g/mol. The van der Waals surface area contributed by atoms with Gasteiger partial charge in [-0.05, 0) is 0 Å². The van der Waals surface area contributed by atoms with E-state index < -0.39 is 0 Å². The Morgan fingerprint density at radius 1 is 0.429 bits per heavy atom. The molecule has 21 heavy (non-hydrogen) atoms. The van der Waals surface area contributed by atoms with Gasteiger partial charge < -0.3 is 20.4 Å². The molecule has 0 radical (unpaired) electrons. The van der Waals surface area contributed by atoms with Gasteiger partial charge >= 0.3 is 0 Å². The van der Waals surface area contributed by atoms with E-state index in [0.29, 0.717) is 0 Å². The zero-order valence-corrected chi connectivity index (χ0v) is 17.8. The van der Waals surface area contributed by atoms with Crippen LogP contribution in [0.15, 0.2) is 0 Å². The topological polar surface area (TPSA) is 92.2 Å². The van der Waals surface area contributed by atoms with Crippen LogP contribution in [0.4, 0.5) is 0 Å². The molecule has 0 atom stereocenters. The molecule has 0 rings (SSSR count). The fraction of sp³-hybridized carbons (Fsp3) is 1.00. The van der Waals surface area contributed by atoms with Crippen molar-refractivity contribution in [2.45, 2.75) is 79.1 Å². The van der Waals surface area contributed by atoms with Crippen LogP contribution in [0.5, 0.6) is 0 Å². The number of rotatable bonds is 8. The first kappa shape index (κ1) is 33.2. The van der Waals surface area contributed by atoms with Crippen molar-refractivity contribution in [3.8, 4) is 0 Å².